The van der Waals surface area contributed by atoms with E-state index in [2.05, 4.69) is 0 Å². The topological polar surface area (TPSA) is 29.1 Å². The largest absolute Gasteiger partial charge is 0.399 e. The van der Waals surface area contributed by atoms with E-state index in [1.54, 1.807) is 0 Å². The van der Waals surface area contributed by atoms with E-state index in [0.717, 1.165) is 36.4 Å². The third-order valence-electron chi connectivity index (χ3n) is 4.11. The summed E-state index contributed by atoms with van der Waals surface area (Å²) in [6.07, 6.45) is -9.35. The first-order valence-electron chi connectivity index (χ1n) is 8.68. The minimum absolute atomic E-state index is 0.0493. The molecule has 32 heavy (non-hydrogen) atoms. The van der Waals surface area contributed by atoms with Crippen molar-refractivity contribution in [1.82, 2.24) is 5.32 Å². The summed E-state index contributed by atoms with van der Waals surface area (Å²) in [6, 6.07) is 5.32. The predicted molar refractivity (Wildman–Crippen MR) is 108 cm³/mol. The zero-order valence-electron chi connectivity index (χ0n) is 15.7. The summed E-state index contributed by atoms with van der Waals surface area (Å²) in [7, 11) is 0. The minimum Gasteiger partial charge on any atom is -0.352 e. The van der Waals surface area contributed by atoms with E-state index in [9.17, 15) is 35.5 Å². The highest BCUT2D eigenvalue weighted by Crippen LogP contribution is 2.41. The molecule has 174 valence electrons. The van der Waals surface area contributed by atoms with Crippen LogP contribution in [-0.2, 0) is 11.3 Å². The van der Waals surface area contributed by atoms with Gasteiger partial charge in [-0.1, -0.05) is 59.1 Å². The highest BCUT2D eigenvalue weighted by Gasteiger charge is 2.39. The normalized spacial score (nSPS) is 13.4. The smallest absolute Gasteiger partial charge is 0.352 e. The summed E-state index contributed by atoms with van der Waals surface area (Å²) in [5, 5.41) is 1.49. The summed E-state index contributed by atoms with van der Waals surface area (Å²) in [6.45, 7) is -0.516. The lowest BCUT2D eigenvalue weighted by Crippen LogP contribution is -2.28. The van der Waals surface area contributed by atoms with Crippen LogP contribution in [0.1, 0.15) is 29.0 Å². The van der Waals surface area contributed by atoms with E-state index in [1.807, 2.05) is 5.32 Å². The molecule has 0 aromatic heterocycles. The average molecular weight is 523 g/mol. The Labute approximate surface area is 192 Å². The third-order valence-corrected chi connectivity index (χ3v) is 5.31. The number of carbonyl (C=O) groups is 1. The second kappa shape index (κ2) is 10.3. The fourth-order valence-electron chi connectivity index (χ4n) is 2.62. The van der Waals surface area contributed by atoms with Crippen LogP contribution in [0, 0.1) is 5.82 Å². The maximum atomic E-state index is 14.2. The van der Waals surface area contributed by atoms with Crippen molar-refractivity contribution in [2.24, 2.45) is 0 Å². The Morgan fingerprint density at radius 3 is 2.09 bits per heavy atom. The molecule has 1 atom stereocenters. The summed E-state index contributed by atoms with van der Waals surface area (Å²) in [5.74, 6) is -4.38. The highest BCUT2D eigenvalue weighted by molar-refractivity contribution is 6.48. The molecule has 0 saturated carbocycles. The minimum atomic E-state index is -4.72. The maximum Gasteiger partial charge on any atom is 0.399 e. The molecule has 2 nitrogen and oxygen atoms in total. The van der Waals surface area contributed by atoms with Crippen molar-refractivity contribution >= 4 is 46.8 Å². The molecule has 2 aromatic carbocycles. The molecule has 2 rings (SSSR count). The molecule has 0 radical (unpaired) electrons. The Morgan fingerprint density at radius 2 is 1.59 bits per heavy atom. The van der Waals surface area contributed by atoms with Crippen LogP contribution in [0.2, 0.25) is 15.1 Å². The van der Waals surface area contributed by atoms with Gasteiger partial charge in [0.15, 0.2) is 0 Å². The number of alkyl halides is 6. The Bertz CT molecular complexity index is 996. The molecule has 0 heterocycles. The summed E-state index contributed by atoms with van der Waals surface area (Å²) in [5.41, 5.74) is -0.368. The van der Waals surface area contributed by atoms with Gasteiger partial charge in [0.2, 0.25) is 5.91 Å². The third kappa shape index (κ3) is 7.56. The lowest BCUT2D eigenvalue weighted by atomic mass is 9.97. The van der Waals surface area contributed by atoms with Crippen molar-refractivity contribution in [2.45, 2.75) is 31.2 Å². The van der Waals surface area contributed by atoms with Crippen LogP contribution in [0.15, 0.2) is 36.4 Å². The lowest BCUT2D eigenvalue weighted by molar-refractivity contribution is -0.153. The van der Waals surface area contributed by atoms with Crippen molar-refractivity contribution in [3.63, 3.8) is 0 Å². The van der Waals surface area contributed by atoms with Crippen LogP contribution in [0.3, 0.4) is 0 Å². The summed E-state index contributed by atoms with van der Waals surface area (Å²) in [4.78, 5) is 11.2. The Hall–Kier alpha value is -1.97. The number of rotatable bonds is 6. The monoisotopic (exact) mass is 521 g/mol. The number of hydrogen-bond acceptors (Lipinski definition) is 1. The molecule has 2 aromatic rings. The molecule has 0 saturated heterocycles. The molecule has 0 aliphatic heterocycles. The molecule has 0 aliphatic rings. The van der Waals surface area contributed by atoms with Crippen molar-refractivity contribution in [3.05, 3.63) is 74.0 Å². The van der Waals surface area contributed by atoms with Gasteiger partial charge in [0.05, 0.1) is 21.0 Å². The fourth-order valence-corrected chi connectivity index (χ4v) is 3.23. The van der Waals surface area contributed by atoms with Gasteiger partial charge in [0.25, 0.3) is 0 Å². The molecule has 1 amide bonds. The van der Waals surface area contributed by atoms with Crippen molar-refractivity contribution < 1.29 is 35.5 Å². The van der Waals surface area contributed by atoms with Crippen molar-refractivity contribution in [3.8, 4) is 0 Å². The van der Waals surface area contributed by atoms with Gasteiger partial charge in [-0.3, -0.25) is 4.79 Å². The van der Waals surface area contributed by atoms with Crippen LogP contribution < -0.4 is 5.32 Å². The van der Waals surface area contributed by atoms with Gasteiger partial charge >= 0.3 is 12.4 Å². The Balaban J connectivity index is 2.20. The second-order valence-electron chi connectivity index (χ2n) is 6.60. The van der Waals surface area contributed by atoms with E-state index in [0.29, 0.717) is 0 Å². The van der Waals surface area contributed by atoms with Crippen LogP contribution in [-0.4, -0.2) is 18.3 Å². The van der Waals surface area contributed by atoms with Gasteiger partial charge in [0, 0.05) is 12.1 Å². The fraction of sp³-hybridized carbons (Fsp3) is 0.250. The van der Waals surface area contributed by atoms with Gasteiger partial charge in [-0.05, 0) is 29.3 Å². The first kappa shape index (κ1) is 26.3. The van der Waals surface area contributed by atoms with Crippen LogP contribution >= 0.6 is 34.8 Å². The number of allylic oxidation sites excluding steroid dienone is 1. The van der Waals surface area contributed by atoms with Gasteiger partial charge in [-0.2, -0.15) is 26.3 Å². The number of nitrogens with one attached hydrogen (secondary N) is 1. The van der Waals surface area contributed by atoms with E-state index < -0.39 is 43.0 Å². The maximum absolute atomic E-state index is 14.2. The van der Waals surface area contributed by atoms with Crippen LogP contribution in [0.4, 0.5) is 30.7 Å². The SMILES string of the molecule is O=C(CC(F)(F)F)NCc1ccc(C=CC(c2cc(Cl)c(Cl)c(Cl)c2)C(F)(F)F)cc1F. The molecule has 1 unspecified atom stereocenters. The van der Waals surface area contributed by atoms with Gasteiger partial charge in [-0.15, -0.1) is 0 Å². The molecule has 0 fully saturated rings. The molecule has 0 aliphatic carbocycles. The average Bonchev–Trinajstić information content (AvgIpc) is 2.63. The summed E-state index contributed by atoms with van der Waals surface area (Å²) >= 11 is 17.4. The molecule has 0 bridgehead atoms. The van der Waals surface area contributed by atoms with Crippen molar-refractivity contribution in [1.29, 1.82) is 0 Å². The second-order valence-corrected chi connectivity index (χ2v) is 7.79. The number of hydrogen-bond donors (Lipinski definition) is 1. The molecule has 1 N–H and O–H groups in total. The highest BCUT2D eigenvalue weighted by atomic mass is 35.5. The van der Waals surface area contributed by atoms with Gasteiger partial charge < -0.3 is 5.32 Å². The van der Waals surface area contributed by atoms with E-state index >= 15 is 0 Å². The number of carbonyl (C=O) groups excluding carboxylic acids is 1. The molecular formula is C20H13Cl3F7NO. The van der Waals surface area contributed by atoms with Crippen molar-refractivity contribution in [2.75, 3.05) is 0 Å². The molecular weight excluding hydrogens is 510 g/mol. The first-order valence-corrected chi connectivity index (χ1v) is 9.82. The molecule has 12 heteroatoms. The number of halogens is 10. The number of benzene rings is 2. The molecule has 0 spiro atoms. The van der Waals surface area contributed by atoms with Crippen LogP contribution in [0.25, 0.3) is 6.08 Å². The van der Waals surface area contributed by atoms with Gasteiger partial charge in [-0.25, -0.2) is 4.39 Å². The van der Waals surface area contributed by atoms with Crippen LogP contribution in [0.5, 0.6) is 0 Å². The van der Waals surface area contributed by atoms with Gasteiger partial charge in [0.1, 0.15) is 12.2 Å². The lowest BCUT2D eigenvalue weighted by Gasteiger charge is -2.18. The van der Waals surface area contributed by atoms with E-state index in [1.165, 1.54) is 6.07 Å². The zero-order chi connectivity index (χ0) is 24.3. The van der Waals surface area contributed by atoms with E-state index in [-0.39, 0.29) is 31.8 Å². The number of amides is 1. The quantitative estimate of drug-likeness (QED) is 0.305. The Morgan fingerprint density at radius 1 is 1.00 bits per heavy atom. The summed E-state index contributed by atoms with van der Waals surface area (Å²) < 4.78 is 91.2. The first-order chi connectivity index (χ1) is 14.7. The predicted octanol–water partition coefficient (Wildman–Crippen LogP) is 7.71. The standard InChI is InChI=1S/C20H13Cl3F7NO/c21-14-6-12(7-15(22)18(14)23)13(20(28,29)30)4-2-10-1-3-11(16(24)5-10)9-31-17(32)8-19(25,26)27/h1-7,13H,8-9H2,(H,31,32). The Kier molecular flexibility index (Phi) is 8.47. The zero-order valence-corrected chi connectivity index (χ0v) is 18.0. The van der Waals surface area contributed by atoms with E-state index in [4.69, 9.17) is 34.8 Å².